The van der Waals surface area contributed by atoms with Crippen LogP contribution in [0.25, 0.3) is 11.2 Å². The summed E-state index contributed by atoms with van der Waals surface area (Å²) in [5.74, 6) is 0. The number of aromatic amines is 1. The summed E-state index contributed by atoms with van der Waals surface area (Å²) in [6.45, 7) is -0.421. The number of aromatic nitrogens is 4. The molecule has 4 N–H and O–H groups in total. The van der Waals surface area contributed by atoms with E-state index in [4.69, 9.17) is 9.84 Å². The maximum Gasteiger partial charge on any atom is 3.00 e. The van der Waals surface area contributed by atoms with E-state index in [-0.39, 0.29) is 28.2 Å². The molecule has 0 spiro atoms. The minimum absolute atomic E-state index is 0. The van der Waals surface area contributed by atoms with Gasteiger partial charge in [-0.3, -0.25) is 9.36 Å². The van der Waals surface area contributed by atoms with Crippen molar-refractivity contribution in [3.63, 3.8) is 0 Å². The van der Waals surface area contributed by atoms with E-state index in [1.807, 2.05) is 0 Å². The number of hydrogen-bond donors (Lipinski definition) is 4. The fourth-order valence-corrected chi connectivity index (χ4v) is 2.16. The number of aliphatic hydroxyl groups excluding tert-OH is 3. The number of rotatable bonds is 2. The van der Waals surface area contributed by atoms with Gasteiger partial charge >= 0.3 is 17.1 Å². The van der Waals surface area contributed by atoms with Crippen molar-refractivity contribution in [1.29, 1.82) is 0 Å². The van der Waals surface area contributed by atoms with Crippen molar-refractivity contribution in [2.75, 3.05) is 6.61 Å². The van der Waals surface area contributed by atoms with Gasteiger partial charge in [-0.15, -0.1) is 0 Å². The van der Waals surface area contributed by atoms with E-state index in [0.29, 0.717) is 0 Å². The second-order valence-corrected chi connectivity index (χ2v) is 4.28. The van der Waals surface area contributed by atoms with E-state index < -0.39 is 36.7 Å². The Bertz CT molecular complexity index is 658. The average molecular weight is 324 g/mol. The molecule has 1 radical (unpaired) electrons. The molecule has 1 saturated heterocycles. The van der Waals surface area contributed by atoms with Crippen LogP contribution in [0.1, 0.15) is 6.23 Å². The molecule has 20 heavy (non-hydrogen) atoms. The van der Waals surface area contributed by atoms with Crippen LogP contribution in [0.5, 0.6) is 0 Å². The van der Waals surface area contributed by atoms with Crippen LogP contribution in [0.2, 0.25) is 0 Å². The molecule has 9 nitrogen and oxygen atoms in total. The monoisotopic (exact) mass is 324 g/mol. The minimum atomic E-state index is -1.24. The molecule has 0 amide bonds. The maximum absolute atomic E-state index is 11.5. The first-order valence-electron chi connectivity index (χ1n) is 5.66. The van der Waals surface area contributed by atoms with E-state index in [2.05, 4.69) is 15.0 Å². The predicted molar refractivity (Wildman–Crippen MR) is 61.2 cm³/mol. The zero-order chi connectivity index (χ0) is 13.6. The van der Waals surface area contributed by atoms with Crippen LogP contribution in [0, 0.1) is 0 Å². The van der Waals surface area contributed by atoms with Crippen molar-refractivity contribution in [2.45, 2.75) is 24.5 Å². The molecule has 2 aromatic heterocycles. The second kappa shape index (κ2) is 5.60. The summed E-state index contributed by atoms with van der Waals surface area (Å²) in [5, 5.41) is 28.6. The Morgan fingerprint density at radius 1 is 1.35 bits per heavy atom. The molecule has 4 atom stereocenters. The van der Waals surface area contributed by atoms with Crippen molar-refractivity contribution in [3.8, 4) is 0 Å². The van der Waals surface area contributed by atoms with Crippen molar-refractivity contribution < 1.29 is 37.1 Å². The van der Waals surface area contributed by atoms with Gasteiger partial charge in [0.05, 0.1) is 19.3 Å². The van der Waals surface area contributed by atoms with Gasteiger partial charge in [0.2, 0.25) is 0 Å². The molecule has 3 rings (SSSR count). The topological polar surface area (TPSA) is 133 Å². The summed E-state index contributed by atoms with van der Waals surface area (Å²) in [5.41, 5.74) is -0.0608. The van der Waals surface area contributed by atoms with Crippen LogP contribution < -0.4 is 5.56 Å². The molecule has 0 saturated carbocycles. The number of nitrogens with zero attached hydrogens (tertiary/aromatic N) is 3. The van der Waals surface area contributed by atoms with E-state index in [9.17, 15) is 15.0 Å². The predicted octanol–water partition coefficient (Wildman–Crippen LogP) is -2.27. The Morgan fingerprint density at radius 3 is 2.75 bits per heavy atom. The molecular formula is C10H12FeN4O5+3. The van der Waals surface area contributed by atoms with Crippen molar-refractivity contribution >= 4 is 11.2 Å². The van der Waals surface area contributed by atoms with Crippen LogP contribution in [-0.2, 0) is 21.8 Å². The summed E-state index contributed by atoms with van der Waals surface area (Å²) in [7, 11) is 0. The van der Waals surface area contributed by atoms with E-state index in [1.54, 1.807) is 0 Å². The largest absolute Gasteiger partial charge is 3.00 e. The van der Waals surface area contributed by atoms with Crippen LogP contribution in [-0.4, -0.2) is 59.8 Å². The summed E-state index contributed by atoms with van der Waals surface area (Å²) in [6.07, 6.45) is -1.78. The van der Waals surface area contributed by atoms with Crippen LogP contribution >= 0.6 is 0 Å². The molecule has 10 heteroatoms. The average Bonchev–Trinajstić information content (AvgIpc) is 2.94. The number of ether oxygens (including phenoxy) is 1. The smallest absolute Gasteiger partial charge is 0.394 e. The molecule has 1 fully saturated rings. The number of H-pyrrole nitrogens is 1. The molecule has 0 bridgehead atoms. The summed E-state index contributed by atoms with van der Waals surface area (Å²) >= 11 is 0. The molecule has 107 valence electrons. The molecule has 1 aliphatic heterocycles. The first-order valence-corrected chi connectivity index (χ1v) is 5.66. The quantitative estimate of drug-likeness (QED) is 0.458. The van der Waals surface area contributed by atoms with Gasteiger partial charge in [-0.1, -0.05) is 0 Å². The van der Waals surface area contributed by atoms with Gasteiger partial charge in [0.1, 0.15) is 18.3 Å². The molecule has 3 heterocycles. The summed E-state index contributed by atoms with van der Waals surface area (Å²) < 4.78 is 6.70. The minimum Gasteiger partial charge on any atom is -0.394 e. The first kappa shape index (κ1) is 15.1. The number of fused-ring (bicyclic) bond motifs is 1. The zero-order valence-corrected chi connectivity index (χ0v) is 11.1. The van der Waals surface area contributed by atoms with Gasteiger partial charge in [0, 0.05) is 0 Å². The summed E-state index contributed by atoms with van der Waals surface area (Å²) in [4.78, 5) is 21.8. The zero-order valence-electron chi connectivity index (χ0n) is 10.0. The molecular weight excluding hydrogens is 312 g/mol. The van der Waals surface area contributed by atoms with Gasteiger partial charge in [0.25, 0.3) is 5.56 Å². The number of aliphatic hydroxyl groups is 3. The van der Waals surface area contributed by atoms with Crippen molar-refractivity contribution in [2.24, 2.45) is 0 Å². The SMILES string of the molecule is O=c1[nH]cnc2c1ncn2[C@@H]1O[C@H](CO)[C@@H](O)[C@H]1O.[Fe+3]. The van der Waals surface area contributed by atoms with E-state index >= 15 is 0 Å². The Kier molecular flexibility index (Phi) is 4.23. The van der Waals surface area contributed by atoms with Gasteiger partial charge in [-0.2, -0.15) is 0 Å². The molecule has 2 aromatic rings. The molecule has 0 aromatic carbocycles. The molecule has 0 aliphatic carbocycles. The third-order valence-electron chi connectivity index (χ3n) is 3.16. The van der Waals surface area contributed by atoms with Gasteiger partial charge in [-0.05, 0) is 0 Å². The van der Waals surface area contributed by atoms with E-state index in [1.165, 1.54) is 17.2 Å². The fourth-order valence-electron chi connectivity index (χ4n) is 2.16. The Morgan fingerprint density at radius 2 is 2.10 bits per heavy atom. The maximum atomic E-state index is 11.5. The Balaban J connectivity index is 0.00000147. The normalized spacial score (nSPS) is 29.6. The number of hydrogen-bond acceptors (Lipinski definition) is 7. The third-order valence-corrected chi connectivity index (χ3v) is 3.16. The van der Waals surface area contributed by atoms with Crippen molar-refractivity contribution in [1.82, 2.24) is 19.5 Å². The van der Waals surface area contributed by atoms with Crippen LogP contribution in [0.15, 0.2) is 17.4 Å². The fraction of sp³-hybridized carbons (Fsp3) is 0.500. The summed E-state index contributed by atoms with van der Waals surface area (Å²) in [6, 6.07) is 0. The first-order chi connectivity index (χ1) is 9.13. The standard InChI is InChI=1S/C10H12N4O5.Fe/c15-1-4-6(16)7(17)10(19-4)14-3-13-5-8(14)11-2-12-9(5)18;/h2-4,6-7,10,15-17H,1H2,(H,11,12,18);/q;+3/t4-,6-,7-,10-;/m1./s1. The van der Waals surface area contributed by atoms with Gasteiger partial charge in [0.15, 0.2) is 17.4 Å². The van der Waals surface area contributed by atoms with Crippen molar-refractivity contribution in [3.05, 3.63) is 23.0 Å². The van der Waals surface area contributed by atoms with Gasteiger partial charge < -0.3 is 25.0 Å². The van der Waals surface area contributed by atoms with Gasteiger partial charge in [-0.25, -0.2) is 9.97 Å². The molecule has 0 unspecified atom stereocenters. The Labute approximate surface area is 122 Å². The number of nitrogens with one attached hydrogen (secondary N) is 1. The van der Waals surface area contributed by atoms with Crippen LogP contribution in [0.4, 0.5) is 0 Å². The Hall–Kier alpha value is -1.29. The van der Waals surface area contributed by atoms with E-state index in [0.717, 1.165) is 0 Å². The second-order valence-electron chi connectivity index (χ2n) is 4.28. The van der Waals surface area contributed by atoms with Crippen LogP contribution in [0.3, 0.4) is 0 Å². The third kappa shape index (κ3) is 2.16. The molecule has 1 aliphatic rings. The number of imidazole rings is 1.